The molecule has 12 heteroatoms. The highest BCUT2D eigenvalue weighted by Crippen LogP contribution is 2.40. The van der Waals surface area contributed by atoms with Crippen molar-refractivity contribution in [2.75, 3.05) is 80.1 Å². The minimum Gasteiger partial charge on any atom is -0.494 e. The molecule has 3 aliphatic rings. The van der Waals surface area contributed by atoms with E-state index in [2.05, 4.69) is 54.5 Å². The Labute approximate surface area is 282 Å². The molecular weight excluding hydrogens is 606 g/mol. The quantitative estimate of drug-likeness (QED) is 0.218. The number of ether oxygens (including phenoxy) is 1. The smallest absolute Gasteiger partial charge is 0.247 e. The van der Waals surface area contributed by atoms with Gasteiger partial charge in [0.15, 0.2) is 5.82 Å². The van der Waals surface area contributed by atoms with Crippen molar-refractivity contribution in [3.05, 3.63) is 85.2 Å². The molecular formula is C36H43N9O3. The monoisotopic (exact) mass is 649 g/mol. The molecule has 1 amide bonds. The molecule has 1 aromatic heterocycles. The van der Waals surface area contributed by atoms with Crippen molar-refractivity contribution in [3.8, 4) is 11.8 Å². The largest absolute Gasteiger partial charge is 0.494 e. The zero-order valence-electron chi connectivity index (χ0n) is 27.5. The standard InChI is InChI=1S/C36H43N9O3/c1-4-12-42-15-17-43(18-16-42)28-9-13-44(14-10-28)32-22-33(47-3)30(21-29(32)41-36(46)5-2)40-34-23-35(39-25-38-34)45-31(11-19-48-45)27-8-6-7-26(20-27)24-37/h4-8,20-23,25,28,31H,1-2,9-19H2,3H3,(H,41,46)(H,38,39,40)/t31-/m1/s1. The summed E-state index contributed by atoms with van der Waals surface area (Å²) in [6.07, 6.45) is 7.58. The van der Waals surface area contributed by atoms with E-state index >= 15 is 0 Å². The van der Waals surface area contributed by atoms with Gasteiger partial charge in [0.2, 0.25) is 5.91 Å². The predicted molar refractivity (Wildman–Crippen MR) is 188 cm³/mol. The average molecular weight is 650 g/mol. The van der Waals surface area contributed by atoms with Crippen molar-refractivity contribution in [2.45, 2.75) is 31.3 Å². The summed E-state index contributed by atoms with van der Waals surface area (Å²) in [6, 6.07) is 15.9. The van der Waals surface area contributed by atoms with Gasteiger partial charge in [0.05, 0.1) is 48.5 Å². The van der Waals surface area contributed by atoms with E-state index in [0.717, 1.165) is 76.3 Å². The highest BCUT2D eigenvalue weighted by Gasteiger charge is 2.31. The Morgan fingerprint density at radius 2 is 1.88 bits per heavy atom. The van der Waals surface area contributed by atoms with E-state index in [1.807, 2.05) is 42.5 Å². The summed E-state index contributed by atoms with van der Waals surface area (Å²) < 4.78 is 5.86. The summed E-state index contributed by atoms with van der Waals surface area (Å²) in [7, 11) is 1.63. The first-order valence-electron chi connectivity index (χ1n) is 16.5. The Kier molecular flexibility index (Phi) is 10.5. The third-order valence-electron chi connectivity index (χ3n) is 9.32. The number of amides is 1. The Morgan fingerprint density at radius 1 is 1.06 bits per heavy atom. The topological polar surface area (TPSA) is 122 Å². The first-order chi connectivity index (χ1) is 23.5. The molecule has 0 saturated carbocycles. The molecule has 4 heterocycles. The molecule has 6 rings (SSSR count). The molecule has 3 aliphatic heterocycles. The van der Waals surface area contributed by atoms with Gasteiger partial charge in [-0.25, -0.2) is 15.0 Å². The zero-order chi connectivity index (χ0) is 33.5. The van der Waals surface area contributed by atoms with E-state index in [0.29, 0.717) is 47.0 Å². The third-order valence-corrected chi connectivity index (χ3v) is 9.32. The fourth-order valence-electron chi connectivity index (χ4n) is 6.83. The molecule has 1 atom stereocenters. The van der Waals surface area contributed by atoms with Gasteiger partial charge in [0, 0.05) is 70.4 Å². The van der Waals surface area contributed by atoms with Crippen LogP contribution in [0.3, 0.4) is 0 Å². The minimum absolute atomic E-state index is 0.0957. The number of benzene rings is 2. The lowest BCUT2D eigenvalue weighted by molar-refractivity contribution is -0.111. The predicted octanol–water partition coefficient (Wildman–Crippen LogP) is 4.88. The third kappa shape index (κ3) is 7.44. The van der Waals surface area contributed by atoms with E-state index in [1.54, 1.807) is 18.2 Å². The normalized spacial score (nSPS) is 19.0. The van der Waals surface area contributed by atoms with Gasteiger partial charge in [0.1, 0.15) is 17.9 Å². The number of carbonyl (C=O) groups excluding carboxylic acids is 1. The van der Waals surface area contributed by atoms with Gasteiger partial charge < -0.3 is 20.3 Å². The number of methoxy groups -OCH3 is 1. The molecule has 2 N–H and O–H groups in total. The van der Waals surface area contributed by atoms with Crippen LogP contribution in [-0.2, 0) is 9.63 Å². The molecule has 12 nitrogen and oxygen atoms in total. The summed E-state index contributed by atoms with van der Waals surface area (Å²) in [5, 5.41) is 17.5. The molecule has 250 valence electrons. The number of hydrogen-bond acceptors (Lipinski definition) is 11. The van der Waals surface area contributed by atoms with Gasteiger partial charge in [0.25, 0.3) is 0 Å². The van der Waals surface area contributed by atoms with Crippen LogP contribution in [0.2, 0.25) is 0 Å². The maximum absolute atomic E-state index is 12.6. The fourth-order valence-corrected chi connectivity index (χ4v) is 6.83. The van der Waals surface area contributed by atoms with Gasteiger partial charge in [-0.2, -0.15) is 5.26 Å². The van der Waals surface area contributed by atoms with Crippen molar-refractivity contribution < 1.29 is 14.4 Å². The summed E-state index contributed by atoms with van der Waals surface area (Å²) in [4.78, 5) is 34.9. The average Bonchev–Trinajstić information content (AvgIpc) is 3.63. The first kappa shape index (κ1) is 33.0. The van der Waals surface area contributed by atoms with Crippen LogP contribution in [0.15, 0.2) is 74.1 Å². The van der Waals surface area contributed by atoms with Crippen LogP contribution in [-0.4, -0.2) is 91.2 Å². The van der Waals surface area contributed by atoms with Gasteiger partial charge >= 0.3 is 0 Å². The highest BCUT2D eigenvalue weighted by atomic mass is 16.7. The Morgan fingerprint density at radius 3 is 2.60 bits per heavy atom. The number of piperazine rings is 1. The van der Waals surface area contributed by atoms with Gasteiger partial charge in [-0.15, -0.1) is 6.58 Å². The van der Waals surface area contributed by atoms with Gasteiger partial charge in [-0.1, -0.05) is 24.8 Å². The van der Waals surface area contributed by atoms with Crippen LogP contribution in [0, 0.1) is 11.3 Å². The summed E-state index contributed by atoms with van der Waals surface area (Å²) in [5.41, 5.74) is 3.78. The first-order valence-corrected chi connectivity index (χ1v) is 16.5. The number of hydrogen-bond donors (Lipinski definition) is 2. The van der Waals surface area contributed by atoms with E-state index < -0.39 is 0 Å². The number of nitriles is 1. The number of carbonyl (C=O) groups is 1. The van der Waals surface area contributed by atoms with Crippen LogP contribution < -0.4 is 25.3 Å². The van der Waals surface area contributed by atoms with Crippen molar-refractivity contribution in [2.24, 2.45) is 0 Å². The molecule has 3 fully saturated rings. The number of rotatable bonds is 11. The maximum atomic E-state index is 12.6. The van der Waals surface area contributed by atoms with Crippen LogP contribution in [0.1, 0.15) is 36.4 Å². The van der Waals surface area contributed by atoms with E-state index in [1.165, 1.54) is 12.4 Å². The van der Waals surface area contributed by atoms with E-state index in [4.69, 9.17) is 9.57 Å². The number of nitrogens with zero attached hydrogens (tertiary/aromatic N) is 7. The number of hydroxylamine groups is 1. The summed E-state index contributed by atoms with van der Waals surface area (Å²) >= 11 is 0. The Hall–Kier alpha value is -4.96. The number of aromatic nitrogens is 2. The van der Waals surface area contributed by atoms with Gasteiger partial charge in [-0.3, -0.25) is 19.4 Å². The minimum atomic E-state index is -0.290. The van der Waals surface area contributed by atoms with Crippen molar-refractivity contribution in [3.63, 3.8) is 0 Å². The number of piperidine rings is 1. The molecule has 0 spiro atoms. The van der Waals surface area contributed by atoms with Crippen LogP contribution in [0.25, 0.3) is 0 Å². The van der Waals surface area contributed by atoms with Gasteiger partial charge in [-0.05, 0) is 42.7 Å². The number of anilines is 5. The second kappa shape index (κ2) is 15.3. The molecule has 48 heavy (non-hydrogen) atoms. The Balaban J connectivity index is 1.20. The van der Waals surface area contributed by atoms with Crippen molar-refractivity contribution in [1.29, 1.82) is 5.26 Å². The summed E-state index contributed by atoms with van der Waals surface area (Å²) in [5.74, 6) is 1.44. The van der Waals surface area contributed by atoms with Crippen molar-refractivity contribution >= 4 is 34.6 Å². The molecule has 3 aromatic rings. The lowest BCUT2D eigenvalue weighted by atomic mass is 10.0. The lowest BCUT2D eigenvalue weighted by Gasteiger charge is -2.43. The molecule has 0 unspecified atom stereocenters. The second-order valence-electron chi connectivity index (χ2n) is 12.2. The van der Waals surface area contributed by atoms with Crippen LogP contribution in [0.4, 0.5) is 28.7 Å². The number of nitrogens with one attached hydrogen (secondary N) is 2. The highest BCUT2D eigenvalue weighted by molar-refractivity contribution is 6.02. The maximum Gasteiger partial charge on any atom is 0.247 e. The van der Waals surface area contributed by atoms with Crippen LogP contribution in [0.5, 0.6) is 5.75 Å². The fraction of sp³-hybridized carbons (Fsp3) is 0.389. The molecule has 2 aromatic carbocycles. The van der Waals surface area contributed by atoms with Crippen molar-refractivity contribution in [1.82, 2.24) is 19.8 Å². The Bertz CT molecular complexity index is 1660. The molecule has 3 saturated heterocycles. The molecule has 0 aliphatic carbocycles. The van der Waals surface area contributed by atoms with E-state index in [-0.39, 0.29) is 11.9 Å². The lowest BCUT2D eigenvalue weighted by Crippen LogP contribution is -2.53. The van der Waals surface area contributed by atoms with Crippen LogP contribution >= 0.6 is 0 Å². The zero-order valence-corrected chi connectivity index (χ0v) is 27.5. The second-order valence-corrected chi connectivity index (χ2v) is 12.2. The molecule has 0 radical (unpaired) electrons. The molecule has 0 bridgehead atoms. The SMILES string of the molecule is C=CCN1CCN(C2CCN(c3cc(OC)c(Nc4cc(N5OCC[C@@H]5c5cccc(C#N)c5)ncn4)cc3NC(=O)C=C)CC2)CC1. The van der Waals surface area contributed by atoms with E-state index in [9.17, 15) is 10.1 Å². The summed E-state index contributed by atoms with van der Waals surface area (Å²) in [6.45, 7) is 15.1.